The van der Waals surface area contributed by atoms with Crippen molar-refractivity contribution in [3.63, 3.8) is 0 Å². The van der Waals surface area contributed by atoms with E-state index in [9.17, 15) is 9.59 Å². The minimum Gasteiger partial charge on any atom is -0.299 e. The number of hydrogen-bond acceptors (Lipinski definition) is 4. The van der Waals surface area contributed by atoms with Crippen LogP contribution in [-0.2, 0) is 11.2 Å². The van der Waals surface area contributed by atoms with Gasteiger partial charge in [0.25, 0.3) is 0 Å². The highest BCUT2D eigenvalue weighted by molar-refractivity contribution is 5.94. The number of carbonyl (C=O) groups is 2. The van der Waals surface area contributed by atoms with Crippen molar-refractivity contribution in [2.24, 2.45) is 0 Å². The molecule has 1 aromatic rings. The quantitative estimate of drug-likeness (QED) is 0.565. The highest BCUT2D eigenvalue weighted by atomic mass is 16.1. The number of ketones is 2. The number of rotatable bonds is 7. The van der Waals surface area contributed by atoms with Gasteiger partial charge in [-0.05, 0) is 38.7 Å². The molecule has 2 saturated heterocycles. The van der Waals surface area contributed by atoms with Crippen molar-refractivity contribution in [3.05, 3.63) is 47.5 Å². The van der Waals surface area contributed by atoms with E-state index >= 15 is 0 Å². The van der Waals surface area contributed by atoms with Crippen LogP contribution in [0.15, 0.2) is 36.4 Å². The van der Waals surface area contributed by atoms with Gasteiger partial charge in [0.1, 0.15) is 5.78 Å². The van der Waals surface area contributed by atoms with Crippen LogP contribution in [-0.4, -0.2) is 59.6 Å². The number of carbonyl (C=O) groups excluding carboxylic acids is 2. The lowest BCUT2D eigenvalue weighted by molar-refractivity contribution is -0.119. The van der Waals surface area contributed by atoms with Gasteiger partial charge in [-0.15, -0.1) is 0 Å². The Bertz CT molecular complexity index is 636. The molecule has 2 unspecified atom stereocenters. The van der Waals surface area contributed by atoms with Crippen LogP contribution in [0.4, 0.5) is 0 Å². The predicted molar refractivity (Wildman–Crippen MR) is 99.9 cm³/mol. The maximum atomic E-state index is 11.4. The van der Waals surface area contributed by atoms with Gasteiger partial charge in [0.2, 0.25) is 0 Å². The lowest BCUT2D eigenvalue weighted by atomic mass is 10.1. The smallest absolute Gasteiger partial charge is 0.159 e. The molecule has 2 bridgehead atoms. The van der Waals surface area contributed by atoms with Crippen LogP contribution in [0.3, 0.4) is 0 Å². The van der Waals surface area contributed by atoms with Gasteiger partial charge in [-0.3, -0.25) is 19.4 Å². The summed E-state index contributed by atoms with van der Waals surface area (Å²) in [6.45, 7) is 7.03. The van der Waals surface area contributed by atoms with Crippen molar-refractivity contribution in [2.75, 3.05) is 26.2 Å². The predicted octanol–water partition coefficient (Wildman–Crippen LogP) is 2.73. The van der Waals surface area contributed by atoms with E-state index in [1.54, 1.807) is 13.8 Å². The number of hydrogen-bond donors (Lipinski definition) is 0. The summed E-state index contributed by atoms with van der Waals surface area (Å²) in [5, 5.41) is 0. The normalized spacial score (nSPS) is 24.1. The fourth-order valence-electron chi connectivity index (χ4n) is 4.06. The van der Waals surface area contributed by atoms with Crippen molar-refractivity contribution < 1.29 is 9.59 Å². The summed E-state index contributed by atoms with van der Waals surface area (Å²) in [6, 6.07) is 8.96. The molecule has 2 aliphatic heterocycles. The van der Waals surface area contributed by atoms with Gasteiger partial charge in [0.15, 0.2) is 5.78 Å². The Balaban J connectivity index is 1.46. The molecular formula is C21H28N2O2. The second kappa shape index (κ2) is 8.07. The number of fused-ring (bicyclic) bond motifs is 2. The standard InChI is InChI=1S/C21H28N2O2/c1-16(24)13-23-20-10-11-21(23)15-22(14-20)12-4-3-5-18-6-8-19(9-7-18)17(2)25/h3-4,6-9,20-21H,5,10-15H2,1-2H3/b4-3+. The second-order valence-electron chi connectivity index (χ2n) is 7.41. The maximum Gasteiger partial charge on any atom is 0.159 e. The lowest BCUT2D eigenvalue weighted by Gasteiger charge is -2.40. The van der Waals surface area contributed by atoms with Crippen LogP contribution in [0.2, 0.25) is 0 Å². The second-order valence-corrected chi connectivity index (χ2v) is 7.41. The molecule has 0 amide bonds. The summed E-state index contributed by atoms with van der Waals surface area (Å²) in [6.07, 6.45) is 7.81. The molecular weight excluding hydrogens is 312 g/mol. The molecule has 0 aromatic heterocycles. The van der Waals surface area contributed by atoms with E-state index in [2.05, 4.69) is 22.0 Å². The van der Waals surface area contributed by atoms with Crippen molar-refractivity contribution >= 4 is 11.6 Å². The van der Waals surface area contributed by atoms with Crippen LogP contribution in [0.5, 0.6) is 0 Å². The summed E-state index contributed by atoms with van der Waals surface area (Å²) < 4.78 is 0. The van der Waals surface area contributed by atoms with E-state index in [1.165, 1.54) is 18.4 Å². The number of allylic oxidation sites excluding steroid dienone is 1. The van der Waals surface area contributed by atoms with Gasteiger partial charge in [0.05, 0.1) is 6.54 Å². The van der Waals surface area contributed by atoms with Gasteiger partial charge in [-0.25, -0.2) is 0 Å². The molecule has 2 heterocycles. The summed E-state index contributed by atoms with van der Waals surface area (Å²) in [5.74, 6) is 0.390. The highest BCUT2D eigenvalue weighted by Gasteiger charge is 2.39. The molecule has 0 saturated carbocycles. The topological polar surface area (TPSA) is 40.6 Å². The molecule has 2 aliphatic rings. The summed E-state index contributed by atoms with van der Waals surface area (Å²) in [5.41, 5.74) is 2.00. The van der Waals surface area contributed by atoms with E-state index in [0.29, 0.717) is 18.6 Å². The first-order chi connectivity index (χ1) is 12.0. The molecule has 4 heteroatoms. The molecule has 4 nitrogen and oxygen atoms in total. The molecule has 25 heavy (non-hydrogen) atoms. The Morgan fingerprint density at radius 2 is 1.68 bits per heavy atom. The highest BCUT2D eigenvalue weighted by Crippen LogP contribution is 2.29. The van der Waals surface area contributed by atoms with Crippen LogP contribution >= 0.6 is 0 Å². The van der Waals surface area contributed by atoms with Gasteiger partial charge < -0.3 is 0 Å². The van der Waals surface area contributed by atoms with E-state index in [-0.39, 0.29) is 11.6 Å². The molecule has 1 aromatic carbocycles. The van der Waals surface area contributed by atoms with E-state index in [4.69, 9.17) is 0 Å². The van der Waals surface area contributed by atoms with Crippen LogP contribution < -0.4 is 0 Å². The number of piperazine rings is 1. The first kappa shape index (κ1) is 18.0. The molecule has 0 radical (unpaired) electrons. The first-order valence-electron chi connectivity index (χ1n) is 9.25. The summed E-state index contributed by atoms with van der Waals surface area (Å²) in [4.78, 5) is 27.6. The molecule has 2 fully saturated rings. The van der Waals surface area contributed by atoms with Crippen LogP contribution in [0.25, 0.3) is 0 Å². The number of benzene rings is 1. The van der Waals surface area contributed by atoms with E-state index in [0.717, 1.165) is 31.6 Å². The first-order valence-corrected chi connectivity index (χ1v) is 9.25. The fraction of sp³-hybridized carbons (Fsp3) is 0.524. The summed E-state index contributed by atoms with van der Waals surface area (Å²) in [7, 11) is 0. The Kier molecular flexibility index (Phi) is 5.82. The molecule has 0 N–H and O–H groups in total. The maximum absolute atomic E-state index is 11.4. The number of nitrogens with zero attached hydrogens (tertiary/aromatic N) is 2. The summed E-state index contributed by atoms with van der Waals surface area (Å²) >= 11 is 0. The molecule has 3 rings (SSSR count). The van der Waals surface area contributed by atoms with Crippen molar-refractivity contribution in [3.8, 4) is 0 Å². The van der Waals surface area contributed by atoms with Crippen molar-refractivity contribution in [2.45, 2.75) is 45.2 Å². The van der Waals surface area contributed by atoms with Crippen LogP contribution in [0, 0.1) is 0 Å². The minimum absolute atomic E-state index is 0.112. The minimum atomic E-state index is 0.112. The Labute approximate surface area is 150 Å². The Morgan fingerprint density at radius 3 is 2.24 bits per heavy atom. The number of likely N-dealkylation sites (tertiary alicyclic amines) is 1. The molecule has 0 aliphatic carbocycles. The molecule has 134 valence electrons. The largest absolute Gasteiger partial charge is 0.299 e. The van der Waals surface area contributed by atoms with E-state index < -0.39 is 0 Å². The van der Waals surface area contributed by atoms with Gasteiger partial charge in [-0.1, -0.05) is 36.4 Å². The van der Waals surface area contributed by atoms with Crippen molar-refractivity contribution in [1.29, 1.82) is 0 Å². The fourth-order valence-corrected chi connectivity index (χ4v) is 4.06. The van der Waals surface area contributed by atoms with Gasteiger partial charge >= 0.3 is 0 Å². The zero-order valence-corrected chi connectivity index (χ0v) is 15.3. The average Bonchev–Trinajstić information content (AvgIpc) is 2.81. The molecule has 2 atom stereocenters. The average molecular weight is 340 g/mol. The van der Waals surface area contributed by atoms with E-state index in [1.807, 2.05) is 24.3 Å². The third kappa shape index (κ3) is 4.65. The van der Waals surface area contributed by atoms with Crippen molar-refractivity contribution in [1.82, 2.24) is 9.80 Å². The molecule has 0 spiro atoms. The third-order valence-electron chi connectivity index (χ3n) is 5.36. The zero-order valence-electron chi connectivity index (χ0n) is 15.3. The Morgan fingerprint density at radius 1 is 1.04 bits per heavy atom. The van der Waals surface area contributed by atoms with Gasteiger partial charge in [0, 0.05) is 37.3 Å². The zero-order chi connectivity index (χ0) is 17.8. The Hall–Kier alpha value is -1.78. The lowest BCUT2D eigenvalue weighted by Crippen LogP contribution is -2.54. The monoisotopic (exact) mass is 340 g/mol. The number of Topliss-reactive ketones (excluding diaryl/α,β-unsaturated/α-hetero) is 2. The van der Waals surface area contributed by atoms with Gasteiger partial charge in [-0.2, -0.15) is 0 Å². The van der Waals surface area contributed by atoms with Crippen LogP contribution in [0.1, 0.15) is 42.6 Å². The third-order valence-corrected chi connectivity index (χ3v) is 5.36. The SMILES string of the molecule is CC(=O)CN1C2CCC1CN(C/C=C/Cc1ccc(C(C)=O)cc1)C2.